The second-order valence-corrected chi connectivity index (χ2v) is 4.10. The van der Waals surface area contributed by atoms with Gasteiger partial charge in [0.25, 0.3) is 0 Å². The number of carbonyl (C=O) groups is 1. The molecule has 0 spiro atoms. The van der Waals surface area contributed by atoms with Gasteiger partial charge in [-0.15, -0.1) is 0 Å². The van der Waals surface area contributed by atoms with Crippen molar-refractivity contribution >= 4 is 57.4 Å². The van der Waals surface area contributed by atoms with E-state index in [9.17, 15) is 4.79 Å². The molecule has 0 bridgehead atoms. The largest absolute Gasteiger partial charge is 0.464 e. The Morgan fingerprint density at radius 2 is 2.14 bits per heavy atom. The summed E-state index contributed by atoms with van der Waals surface area (Å²) in [5.74, 6) is -0.667. The number of hydrogen-bond donors (Lipinski definition) is 1. The Bertz CT molecular complexity index is 398. The quantitative estimate of drug-likeness (QED) is 0.481. The minimum absolute atomic E-state index is 0.0608. The Kier molecular flexibility index (Phi) is 3.79. The lowest BCUT2D eigenvalue weighted by Crippen LogP contribution is -2.08. The molecular formula is C7H5Cl2IN2O2. The Morgan fingerprint density at radius 1 is 1.57 bits per heavy atom. The standard InChI is InChI=1S/C7H5Cl2IN2O2/c1-14-7(13)5-2(8)4(11)3(10)6(9)12-5/h1H3,(H2,11,12). The van der Waals surface area contributed by atoms with Gasteiger partial charge in [-0.3, -0.25) is 0 Å². The molecule has 1 aromatic rings. The zero-order valence-corrected chi connectivity index (χ0v) is 10.6. The highest BCUT2D eigenvalue weighted by Gasteiger charge is 2.19. The lowest BCUT2D eigenvalue weighted by Gasteiger charge is -2.07. The van der Waals surface area contributed by atoms with Crippen LogP contribution in [0.15, 0.2) is 0 Å². The summed E-state index contributed by atoms with van der Waals surface area (Å²) < 4.78 is 4.98. The average Bonchev–Trinajstić information content (AvgIpc) is 2.19. The topological polar surface area (TPSA) is 65.2 Å². The van der Waals surface area contributed by atoms with Gasteiger partial charge >= 0.3 is 5.97 Å². The third-order valence-corrected chi connectivity index (χ3v) is 3.52. The SMILES string of the molecule is COC(=O)c1nc(Cl)c(I)c(N)c1Cl. The molecule has 0 aliphatic carbocycles. The van der Waals surface area contributed by atoms with E-state index in [0.29, 0.717) is 3.57 Å². The second-order valence-electron chi connectivity index (χ2n) is 2.28. The molecule has 0 fully saturated rings. The smallest absolute Gasteiger partial charge is 0.358 e. The molecule has 14 heavy (non-hydrogen) atoms. The molecule has 0 unspecified atom stereocenters. The fourth-order valence-corrected chi connectivity index (χ4v) is 1.71. The van der Waals surface area contributed by atoms with Crippen LogP contribution in [0.1, 0.15) is 10.5 Å². The van der Waals surface area contributed by atoms with E-state index in [-0.39, 0.29) is 21.6 Å². The third-order valence-electron chi connectivity index (χ3n) is 1.45. The van der Waals surface area contributed by atoms with Crippen LogP contribution in [0.3, 0.4) is 0 Å². The van der Waals surface area contributed by atoms with Gasteiger partial charge in [0.1, 0.15) is 5.15 Å². The maximum atomic E-state index is 11.2. The van der Waals surface area contributed by atoms with Crippen molar-refractivity contribution in [3.8, 4) is 0 Å². The maximum Gasteiger partial charge on any atom is 0.358 e. The zero-order chi connectivity index (χ0) is 10.9. The van der Waals surface area contributed by atoms with Crippen LogP contribution in [0.5, 0.6) is 0 Å². The van der Waals surface area contributed by atoms with Crippen LogP contribution in [-0.2, 0) is 4.74 Å². The molecule has 0 atom stereocenters. The van der Waals surface area contributed by atoms with E-state index in [0.717, 1.165) is 0 Å². The van der Waals surface area contributed by atoms with Crippen molar-refractivity contribution in [2.45, 2.75) is 0 Å². The van der Waals surface area contributed by atoms with Gasteiger partial charge in [0, 0.05) is 0 Å². The van der Waals surface area contributed by atoms with Crippen LogP contribution in [0.2, 0.25) is 10.2 Å². The van der Waals surface area contributed by atoms with E-state index in [1.807, 2.05) is 22.6 Å². The van der Waals surface area contributed by atoms with E-state index in [1.54, 1.807) is 0 Å². The lowest BCUT2D eigenvalue weighted by molar-refractivity contribution is 0.0594. The average molecular weight is 347 g/mol. The van der Waals surface area contributed by atoms with Crippen LogP contribution < -0.4 is 5.73 Å². The summed E-state index contributed by atoms with van der Waals surface area (Å²) in [6.07, 6.45) is 0. The normalized spacial score (nSPS) is 10.0. The van der Waals surface area contributed by atoms with Crippen molar-refractivity contribution in [1.82, 2.24) is 4.98 Å². The van der Waals surface area contributed by atoms with E-state index in [1.165, 1.54) is 7.11 Å². The molecule has 1 rings (SSSR count). The molecule has 0 saturated carbocycles. The fourth-order valence-electron chi connectivity index (χ4n) is 0.763. The molecule has 4 nitrogen and oxygen atoms in total. The van der Waals surface area contributed by atoms with E-state index in [2.05, 4.69) is 9.72 Å². The van der Waals surface area contributed by atoms with Gasteiger partial charge in [0.05, 0.1) is 21.4 Å². The van der Waals surface area contributed by atoms with Crippen molar-refractivity contribution in [1.29, 1.82) is 0 Å². The van der Waals surface area contributed by atoms with Crippen molar-refractivity contribution in [2.75, 3.05) is 12.8 Å². The van der Waals surface area contributed by atoms with Gasteiger partial charge < -0.3 is 10.5 Å². The molecule has 76 valence electrons. The predicted octanol–water partition coefficient (Wildman–Crippen LogP) is 2.36. The van der Waals surface area contributed by atoms with Crippen LogP contribution in [-0.4, -0.2) is 18.1 Å². The first kappa shape index (κ1) is 11.8. The van der Waals surface area contributed by atoms with Crippen LogP contribution in [0, 0.1) is 3.57 Å². The highest BCUT2D eigenvalue weighted by molar-refractivity contribution is 14.1. The highest BCUT2D eigenvalue weighted by atomic mass is 127. The zero-order valence-electron chi connectivity index (χ0n) is 6.97. The first-order valence-corrected chi connectivity index (χ1v) is 5.20. The van der Waals surface area contributed by atoms with Crippen molar-refractivity contribution < 1.29 is 9.53 Å². The van der Waals surface area contributed by atoms with Gasteiger partial charge in [0.2, 0.25) is 0 Å². The van der Waals surface area contributed by atoms with E-state index >= 15 is 0 Å². The summed E-state index contributed by atoms with van der Waals surface area (Å²) in [5, 5.41) is 0.193. The summed E-state index contributed by atoms with van der Waals surface area (Å²) in [4.78, 5) is 14.9. The number of pyridine rings is 1. The molecule has 0 radical (unpaired) electrons. The number of rotatable bonds is 1. The number of aromatic nitrogens is 1. The number of methoxy groups -OCH3 is 1. The minimum Gasteiger partial charge on any atom is -0.464 e. The summed E-state index contributed by atoms with van der Waals surface area (Å²) in [6, 6.07) is 0. The number of nitrogens with two attached hydrogens (primary N) is 1. The monoisotopic (exact) mass is 346 g/mol. The highest BCUT2D eigenvalue weighted by Crippen LogP contribution is 2.31. The molecule has 0 aliphatic heterocycles. The Morgan fingerprint density at radius 3 is 2.64 bits per heavy atom. The molecule has 1 aromatic heterocycles. The minimum atomic E-state index is -0.667. The van der Waals surface area contributed by atoms with Gasteiger partial charge in [-0.25, -0.2) is 9.78 Å². The van der Waals surface area contributed by atoms with Crippen LogP contribution in [0.4, 0.5) is 5.69 Å². The van der Waals surface area contributed by atoms with Gasteiger partial charge in [-0.05, 0) is 22.6 Å². The lowest BCUT2D eigenvalue weighted by atomic mass is 10.3. The summed E-state index contributed by atoms with van der Waals surface area (Å²) >= 11 is 13.4. The molecule has 7 heteroatoms. The van der Waals surface area contributed by atoms with E-state index < -0.39 is 5.97 Å². The number of anilines is 1. The number of ether oxygens (including phenoxy) is 1. The summed E-state index contributed by atoms with van der Waals surface area (Å²) in [7, 11) is 1.22. The molecule has 0 aromatic carbocycles. The third kappa shape index (κ3) is 2.04. The first-order chi connectivity index (χ1) is 6.49. The van der Waals surface area contributed by atoms with Crippen molar-refractivity contribution in [3.05, 3.63) is 19.4 Å². The van der Waals surface area contributed by atoms with Gasteiger partial charge in [0.15, 0.2) is 5.69 Å². The number of carbonyl (C=O) groups excluding carboxylic acids is 1. The number of esters is 1. The number of nitrogens with zero attached hydrogens (tertiary/aromatic N) is 1. The van der Waals surface area contributed by atoms with Crippen LogP contribution in [0.25, 0.3) is 0 Å². The molecule has 1 heterocycles. The first-order valence-electron chi connectivity index (χ1n) is 3.37. The maximum absolute atomic E-state index is 11.2. The fraction of sp³-hybridized carbons (Fsp3) is 0.143. The Balaban J connectivity index is 3.40. The predicted molar refractivity (Wildman–Crippen MR) is 62.7 cm³/mol. The van der Waals surface area contributed by atoms with E-state index in [4.69, 9.17) is 28.9 Å². The van der Waals surface area contributed by atoms with Crippen molar-refractivity contribution in [3.63, 3.8) is 0 Å². The van der Waals surface area contributed by atoms with Crippen LogP contribution >= 0.6 is 45.8 Å². The van der Waals surface area contributed by atoms with Crippen molar-refractivity contribution in [2.24, 2.45) is 0 Å². The van der Waals surface area contributed by atoms with Gasteiger partial charge in [-0.1, -0.05) is 23.2 Å². The molecule has 0 aliphatic rings. The molecule has 0 saturated heterocycles. The number of halogens is 3. The summed E-state index contributed by atoms with van der Waals surface area (Å²) in [6.45, 7) is 0. The Hall–Kier alpha value is -0.270. The summed E-state index contributed by atoms with van der Waals surface area (Å²) in [5.41, 5.74) is 5.76. The number of hydrogen-bond acceptors (Lipinski definition) is 4. The van der Waals surface area contributed by atoms with Gasteiger partial charge in [-0.2, -0.15) is 0 Å². The Labute approximate surface area is 104 Å². The molecular weight excluding hydrogens is 342 g/mol. The second kappa shape index (κ2) is 4.50. The number of nitrogen functional groups attached to an aromatic ring is 1. The molecule has 2 N–H and O–H groups in total. The molecule has 0 amide bonds.